The molecule has 0 spiro atoms. The van der Waals surface area contributed by atoms with Crippen LogP contribution in [0.5, 0.6) is 5.75 Å². The van der Waals surface area contributed by atoms with Crippen molar-refractivity contribution in [2.45, 2.75) is 19.9 Å². The van der Waals surface area contributed by atoms with E-state index in [1.54, 1.807) is 13.8 Å². The van der Waals surface area contributed by atoms with Crippen LogP contribution in [0, 0.1) is 35.0 Å². The first-order chi connectivity index (χ1) is 9.59. The van der Waals surface area contributed by atoms with E-state index in [2.05, 4.69) is 4.74 Å². The zero-order chi connectivity index (χ0) is 16.5. The Morgan fingerprint density at radius 3 is 1.62 bits per heavy atom. The number of rotatable bonds is 4. The minimum atomic E-state index is -2.31. The number of nitrogens with zero attached hydrogens (tertiary/aromatic N) is 1. The average molecular weight is 311 g/mol. The van der Waals surface area contributed by atoms with Gasteiger partial charge in [-0.15, -0.1) is 0 Å². The van der Waals surface area contributed by atoms with Gasteiger partial charge in [0.05, 0.1) is 0 Å². The fourth-order valence-corrected chi connectivity index (χ4v) is 1.91. The first-order valence-electron chi connectivity index (χ1n) is 5.99. The Morgan fingerprint density at radius 2 is 1.29 bits per heavy atom. The highest BCUT2D eigenvalue weighted by Gasteiger charge is 2.32. The number of halogens is 5. The van der Waals surface area contributed by atoms with Gasteiger partial charge in [-0.1, -0.05) is 13.8 Å². The van der Waals surface area contributed by atoms with Gasteiger partial charge in [0.15, 0.2) is 0 Å². The van der Waals surface area contributed by atoms with Crippen molar-refractivity contribution in [1.29, 1.82) is 0 Å². The van der Waals surface area contributed by atoms with E-state index in [9.17, 15) is 26.7 Å². The topological polar surface area (TPSA) is 29.5 Å². The molecule has 0 heterocycles. The third kappa shape index (κ3) is 3.31. The Labute approximate surface area is 118 Å². The van der Waals surface area contributed by atoms with E-state index in [1.165, 1.54) is 19.0 Å². The summed E-state index contributed by atoms with van der Waals surface area (Å²) in [4.78, 5) is 13.3. The van der Waals surface area contributed by atoms with Gasteiger partial charge in [0.1, 0.15) is 6.04 Å². The molecular formula is C13H14F5NO2. The van der Waals surface area contributed by atoms with Gasteiger partial charge in [0, 0.05) is 0 Å². The fourth-order valence-electron chi connectivity index (χ4n) is 1.91. The Bertz CT molecular complexity index is 523. The van der Waals surface area contributed by atoms with Gasteiger partial charge in [-0.05, 0) is 20.0 Å². The van der Waals surface area contributed by atoms with Gasteiger partial charge in [-0.3, -0.25) is 4.90 Å². The van der Waals surface area contributed by atoms with E-state index in [0.29, 0.717) is 0 Å². The summed E-state index contributed by atoms with van der Waals surface area (Å²) in [5.41, 5.74) is 0. The number of carbonyl (C=O) groups is 1. The third-order valence-corrected chi connectivity index (χ3v) is 2.80. The summed E-state index contributed by atoms with van der Waals surface area (Å²) in [7, 11) is 3.04. The van der Waals surface area contributed by atoms with Crippen LogP contribution in [-0.4, -0.2) is 31.0 Å². The van der Waals surface area contributed by atoms with Gasteiger partial charge in [-0.2, -0.15) is 8.78 Å². The van der Waals surface area contributed by atoms with Gasteiger partial charge in [0.2, 0.25) is 34.8 Å². The van der Waals surface area contributed by atoms with Crippen LogP contribution in [0.2, 0.25) is 0 Å². The number of likely N-dealkylation sites (N-methyl/N-ethyl adjacent to an activating group) is 1. The van der Waals surface area contributed by atoms with Gasteiger partial charge >= 0.3 is 5.97 Å². The molecule has 118 valence electrons. The molecule has 1 unspecified atom stereocenters. The maximum atomic E-state index is 13.4. The molecule has 0 N–H and O–H groups in total. The molecule has 0 saturated carbocycles. The van der Waals surface area contributed by atoms with E-state index >= 15 is 0 Å². The molecule has 1 aromatic rings. The van der Waals surface area contributed by atoms with Gasteiger partial charge < -0.3 is 4.74 Å². The molecule has 0 aromatic heterocycles. The maximum Gasteiger partial charge on any atom is 0.329 e. The lowest BCUT2D eigenvalue weighted by Gasteiger charge is -2.25. The van der Waals surface area contributed by atoms with Crippen LogP contribution in [0.3, 0.4) is 0 Å². The smallest absolute Gasteiger partial charge is 0.329 e. The van der Waals surface area contributed by atoms with Crippen LogP contribution in [0.15, 0.2) is 0 Å². The molecule has 1 aromatic carbocycles. The summed E-state index contributed by atoms with van der Waals surface area (Å²) in [6, 6.07) is -0.903. The number of esters is 1. The largest absolute Gasteiger partial charge is 0.419 e. The Hall–Kier alpha value is -1.70. The summed E-state index contributed by atoms with van der Waals surface area (Å²) in [5, 5.41) is 0. The molecule has 0 aliphatic carbocycles. The monoisotopic (exact) mass is 311 g/mol. The number of hydrogen-bond acceptors (Lipinski definition) is 3. The Morgan fingerprint density at radius 1 is 0.905 bits per heavy atom. The van der Waals surface area contributed by atoms with Gasteiger partial charge in [-0.25, -0.2) is 18.0 Å². The lowest BCUT2D eigenvalue weighted by molar-refractivity contribution is -0.141. The van der Waals surface area contributed by atoms with Crippen molar-refractivity contribution >= 4 is 5.97 Å². The van der Waals surface area contributed by atoms with Gasteiger partial charge in [0.25, 0.3) is 0 Å². The third-order valence-electron chi connectivity index (χ3n) is 2.80. The average Bonchev–Trinajstić information content (AvgIpc) is 2.38. The Kier molecular flexibility index (Phi) is 5.27. The molecule has 0 bridgehead atoms. The number of carbonyl (C=O) groups excluding carboxylic acids is 1. The number of hydrogen-bond donors (Lipinski definition) is 0. The number of benzene rings is 1. The number of ether oxygens (including phenoxy) is 1. The zero-order valence-electron chi connectivity index (χ0n) is 11.8. The summed E-state index contributed by atoms with van der Waals surface area (Å²) in [5.74, 6) is -14.0. The Balaban J connectivity index is 3.23. The second-order valence-corrected chi connectivity index (χ2v) is 4.97. The van der Waals surface area contributed by atoms with Crippen molar-refractivity contribution in [1.82, 2.24) is 4.90 Å². The quantitative estimate of drug-likeness (QED) is 0.281. The van der Waals surface area contributed by atoms with Crippen LogP contribution in [0.1, 0.15) is 13.8 Å². The van der Waals surface area contributed by atoms with E-state index in [0.717, 1.165) is 0 Å². The molecule has 21 heavy (non-hydrogen) atoms. The van der Waals surface area contributed by atoms with E-state index in [4.69, 9.17) is 0 Å². The second kappa shape index (κ2) is 6.38. The van der Waals surface area contributed by atoms with Crippen molar-refractivity contribution in [2.24, 2.45) is 5.92 Å². The summed E-state index contributed by atoms with van der Waals surface area (Å²) >= 11 is 0. The molecule has 0 aliphatic heterocycles. The lowest BCUT2D eigenvalue weighted by Crippen LogP contribution is -2.42. The molecule has 0 saturated heterocycles. The summed E-state index contributed by atoms with van der Waals surface area (Å²) < 4.78 is 70.1. The highest BCUT2D eigenvalue weighted by Crippen LogP contribution is 2.29. The van der Waals surface area contributed by atoms with Crippen LogP contribution < -0.4 is 4.74 Å². The maximum absolute atomic E-state index is 13.4. The first kappa shape index (κ1) is 17.4. The van der Waals surface area contributed by atoms with Crippen LogP contribution >= 0.6 is 0 Å². The molecule has 0 amide bonds. The normalized spacial score (nSPS) is 12.9. The molecule has 1 atom stereocenters. The molecule has 3 nitrogen and oxygen atoms in total. The molecular weight excluding hydrogens is 297 g/mol. The molecule has 0 radical (unpaired) electrons. The second-order valence-electron chi connectivity index (χ2n) is 4.97. The van der Waals surface area contributed by atoms with E-state index in [1.807, 2.05) is 0 Å². The highest BCUT2D eigenvalue weighted by molar-refractivity contribution is 5.78. The first-order valence-corrected chi connectivity index (χ1v) is 5.99. The van der Waals surface area contributed by atoms with Crippen molar-refractivity contribution in [3.8, 4) is 5.75 Å². The SMILES string of the molecule is CC(C)C(C(=O)Oc1c(F)c(F)c(F)c(F)c1F)N(C)C. The summed E-state index contributed by atoms with van der Waals surface area (Å²) in [6.45, 7) is 3.29. The van der Waals surface area contributed by atoms with Crippen LogP contribution in [0.25, 0.3) is 0 Å². The van der Waals surface area contributed by atoms with E-state index in [-0.39, 0.29) is 5.92 Å². The molecule has 8 heteroatoms. The minimum absolute atomic E-state index is 0.297. The lowest BCUT2D eigenvalue weighted by atomic mass is 10.0. The van der Waals surface area contributed by atoms with Crippen molar-refractivity contribution in [2.75, 3.05) is 14.1 Å². The minimum Gasteiger partial charge on any atom is -0.419 e. The van der Waals surface area contributed by atoms with Crippen molar-refractivity contribution < 1.29 is 31.5 Å². The summed E-state index contributed by atoms with van der Waals surface area (Å²) in [6.07, 6.45) is 0. The van der Waals surface area contributed by atoms with Crippen molar-refractivity contribution in [3.63, 3.8) is 0 Å². The predicted octanol–water partition coefficient (Wildman–Crippen LogP) is 2.87. The zero-order valence-corrected chi connectivity index (χ0v) is 11.8. The molecule has 1 rings (SSSR count). The molecule has 0 fully saturated rings. The predicted molar refractivity (Wildman–Crippen MR) is 64.2 cm³/mol. The fraction of sp³-hybridized carbons (Fsp3) is 0.462. The standard InChI is InChI=1S/C13H14F5NO2/c1-5(2)11(19(3)4)13(20)21-12-9(17)7(15)6(14)8(16)10(12)18/h5,11H,1-4H3. The molecule has 0 aliphatic rings. The van der Waals surface area contributed by atoms with Crippen LogP contribution in [0.4, 0.5) is 22.0 Å². The van der Waals surface area contributed by atoms with E-state index < -0.39 is 46.8 Å². The van der Waals surface area contributed by atoms with Crippen molar-refractivity contribution in [3.05, 3.63) is 29.1 Å². The van der Waals surface area contributed by atoms with Crippen LogP contribution in [-0.2, 0) is 4.79 Å². The highest BCUT2D eigenvalue weighted by atomic mass is 19.2.